The lowest BCUT2D eigenvalue weighted by atomic mass is 10.1. The zero-order chi connectivity index (χ0) is 13.5. The summed E-state index contributed by atoms with van der Waals surface area (Å²) in [6.45, 7) is -1.06. The van der Waals surface area contributed by atoms with Gasteiger partial charge in [-0.15, -0.1) is 0 Å². The summed E-state index contributed by atoms with van der Waals surface area (Å²) in [5.41, 5.74) is 0.172. The van der Waals surface area contributed by atoms with Crippen molar-refractivity contribution in [2.75, 3.05) is 6.61 Å². The molecule has 0 radical (unpaired) electrons. The fraction of sp³-hybridized carbons (Fsp3) is 0.417. The van der Waals surface area contributed by atoms with Crippen molar-refractivity contribution in [3.05, 3.63) is 23.8 Å². The van der Waals surface area contributed by atoms with Crippen LogP contribution in [0.15, 0.2) is 18.2 Å². The van der Waals surface area contributed by atoms with E-state index in [0.717, 1.165) is 0 Å². The van der Waals surface area contributed by atoms with Crippen LogP contribution in [0.2, 0.25) is 0 Å². The predicted molar refractivity (Wildman–Crippen MR) is 59.7 cm³/mol. The van der Waals surface area contributed by atoms with Crippen molar-refractivity contribution in [1.29, 1.82) is 0 Å². The van der Waals surface area contributed by atoms with E-state index < -0.39 is 12.6 Å². The molecule has 18 heavy (non-hydrogen) atoms. The maximum atomic E-state index is 12.2. The van der Waals surface area contributed by atoms with Crippen molar-refractivity contribution in [1.82, 2.24) is 0 Å². The highest BCUT2D eigenvalue weighted by Gasteiger charge is 2.14. The molecule has 0 aliphatic carbocycles. The van der Waals surface area contributed by atoms with E-state index in [1.165, 1.54) is 18.2 Å². The molecule has 0 aliphatic heterocycles. The standard InChI is InChI=1S/C12H14F2O4/c1-2-17-11(16)7-6-8-9(15)4-3-5-10(8)18-12(13)14/h3-5,12,15H,2,6-7H2,1H3. The van der Waals surface area contributed by atoms with Crippen LogP contribution in [-0.4, -0.2) is 24.3 Å². The van der Waals surface area contributed by atoms with Crippen LogP contribution in [0, 0.1) is 0 Å². The van der Waals surface area contributed by atoms with Gasteiger partial charge in [0.25, 0.3) is 0 Å². The van der Waals surface area contributed by atoms with Crippen LogP contribution in [0.5, 0.6) is 11.5 Å². The third-order valence-corrected chi connectivity index (χ3v) is 2.21. The van der Waals surface area contributed by atoms with Gasteiger partial charge in [-0.1, -0.05) is 6.07 Å². The molecule has 0 saturated carbocycles. The lowest BCUT2D eigenvalue weighted by Crippen LogP contribution is -2.08. The molecule has 6 heteroatoms. The van der Waals surface area contributed by atoms with Crippen molar-refractivity contribution >= 4 is 5.97 Å². The lowest BCUT2D eigenvalue weighted by Gasteiger charge is -2.11. The molecule has 0 unspecified atom stereocenters. The van der Waals surface area contributed by atoms with E-state index in [4.69, 9.17) is 4.74 Å². The largest absolute Gasteiger partial charge is 0.508 e. The zero-order valence-corrected chi connectivity index (χ0v) is 9.86. The van der Waals surface area contributed by atoms with Gasteiger partial charge in [0.05, 0.1) is 6.61 Å². The first kappa shape index (κ1) is 14.2. The summed E-state index contributed by atoms with van der Waals surface area (Å²) in [7, 11) is 0. The first-order valence-electron chi connectivity index (χ1n) is 5.46. The molecule has 4 nitrogen and oxygen atoms in total. The Kier molecular flexibility index (Phi) is 5.35. The van der Waals surface area contributed by atoms with Gasteiger partial charge in [0.1, 0.15) is 11.5 Å². The molecule has 0 bridgehead atoms. The van der Waals surface area contributed by atoms with Gasteiger partial charge >= 0.3 is 12.6 Å². The Bertz CT molecular complexity index is 407. The Morgan fingerprint density at radius 1 is 1.44 bits per heavy atom. The van der Waals surface area contributed by atoms with Crippen LogP contribution < -0.4 is 4.74 Å². The number of ether oxygens (including phenoxy) is 2. The lowest BCUT2D eigenvalue weighted by molar-refractivity contribution is -0.143. The molecule has 0 amide bonds. The minimum atomic E-state index is -2.98. The third-order valence-electron chi connectivity index (χ3n) is 2.21. The fourth-order valence-electron chi connectivity index (χ4n) is 1.47. The number of hydrogen-bond acceptors (Lipinski definition) is 4. The number of hydrogen-bond donors (Lipinski definition) is 1. The first-order chi connectivity index (χ1) is 8.54. The maximum Gasteiger partial charge on any atom is 0.387 e. The quantitative estimate of drug-likeness (QED) is 0.798. The van der Waals surface area contributed by atoms with Crippen molar-refractivity contribution < 1.29 is 28.2 Å². The number of aromatic hydroxyl groups is 1. The maximum absolute atomic E-state index is 12.2. The second kappa shape index (κ2) is 6.78. The molecule has 0 aliphatic rings. The number of phenolic OH excluding ortho intramolecular Hbond substituents is 1. The number of halogens is 2. The van der Waals surface area contributed by atoms with Gasteiger partial charge in [-0.2, -0.15) is 8.78 Å². The van der Waals surface area contributed by atoms with Gasteiger partial charge in [0.2, 0.25) is 0 Å². The van der Waals surface area contributed by atoms with Crippen LogP contribution in [0.3, 0.4) is 0 Å². The average molecular weight is 260 g/mol. The minimum Gasteiger partial charge on any atom is -0.508 e. The van der Waals surface area contributed by atoms with Crippen molar-refractivity contribution in [2.24, 2.45) is 0 Å². The van der Waals surface area contributed by atoms with Crippen LogP contribution in [0.4, 0.5) is 8.78 Å². The molecule has 0 aromatic heterocycles. The Hall–Kier alpha value is -1.85. The second-order valence-electron chi connectivity index (χ2n) is 3.44. The fourth-order valence-corrected chi connectivity index (χ4v) is 1.47. The van der Waals surface area contributed by atoms with Gasteiger partial charge in [0, 0.05) is 12.0 Å². The summed E-state index contributed by atoms with van der Waals surface area (Å²) in [5.74, 6) is -0.768. The van der Waals surface area contributed by atoms with E-state index in [2.05, 4.69) is 4.74 Å². The average Bonchev–Trinajstić information content (AvgIpc) is 2.28. The second-order valence-corrected chi connectivity index (χ2v) is 3.44. The van der Waals surface area contributed by atoms with E-state index in [1.807, 2.05) is 0 Å². The topological polar surface area (TPSA) is 55.8 Å². The number of phenols is 1. The van der Waals surface area contributed by atoms with E-state index in [0.29, 0.717) is 0 Å². The summed E-state index contributed by atoms with van der Waals surface area (Å²) < 4.78 is 33.3. The number of alkyl halides is 2. The monoisotopic (exact) mass is 260 g/mol. The van der Waals surface area contributed by atoms with Gasteiger partial charge in [-0.25, -0.2) is 0 Å². The summed E-state index contributed by atoms with van der Waals surface area (Å²) >= 11 is 0. The summed E-state index contributed by atoms with van der Waals surface area (Å²) in [6, 6.07) is 4.05. The summed E-state index contributed by atoms with van der Waals surface area (Å²) in [5, 5.41) is 9.57. The molecule has 0 fully saturated rings. The molecule has 1 rings (SSSR count). The molecular formula is C12H14F2O4. The third kappa shape index (κ3) is 4.20. The van der Waals surface area contributed by atoms with Crippen molar-refractivity contribution in [3.8, 4) is 11.5 Å². The molecular weight excluding hydrogens is 246 g/mol. The molecule has 0 atom stereocenters. The number of benzene rings is 1. The van der Waals surface area contributed by atoms with Crippen LogP contribution in [0.1, 0.15) is 18.9 Å². The first-order valence-corrected chi connectivity index (χ1v) is 5.46. The molecule has 100 valence electrons. The van der Waals surface area contributed by atoms with Crippen LogP contribution >= 0.6 is 0 Å². The van der Waals surface area contributed by atoms with Gasteiger partial charge in [0.15, 0.2) is 0 Å². The van der Waals surface area contributed by atoms with E-state index in [-0.39, 0.29) is 36.5 Å². The number of carbonyl (C=O) groups is 1. The van der Waals surface area contributed by atoms with E-state index in [9.17, 15) is 18.7 Å². The molecule has 1 aromatic carbocycles. The van der Waals surface area contributed by atoms with Crippen LogP contribution in [0.25, 0.3) is 0 Å². The number of rotatable bonds is 6. The Balaban J connectivity index is 2.76. The summed E-state index contributed by atoms with van der Waals surface area (Å²) in [4.78, 5) is 11.2. The number of carbonyl (C=O) groups excluding carboxylic acids is 1. The Labute approximate surface area is 103 Å². The Morgan fingerprint density at radius 3 is 2.78 bits per heavy atom. The highest BCUT2D eigenvalue weighted by atomic mass is 19.3. The predicted octanol–water partition coefficient (Wildman–Crippen LogP) is 2.49. The van der Waals surface area contributed by atoms with Crippen LogP contribution in [-0.2, 0) is 16.0 Å². The molecule has 1 aromatic rings. The zero-order valence-electron chi connectivity index (χ0n) is 9.86. The van der Waals surface area contributed by atoms with Gasteiger partial charge in [-0.05, 0) is 25.5 Å². The van der Waals surface area contributed by atoms with Gasteiger partial charge in [-0.3, -0.25) is 4.79 Å². The summed E-state index contributed by atoms with van der Waals surface area (Å²) in [6.07, 6.45) is 0.0680. The van der Waals surface area contributed by atoms with Gasteiger partial charge < -0.3 is 14.6 Å². The molecule has 0 heterocycles. The Morgan fingerprint density at radius 2 is 2.17 bits per heavy atom. The van der Waals surface area contributed by atoms with Crippen molar-refractivity contribution in [3.63, 3.8) is 0 Å². The number of esters is 1. The minimum absolute atomic E-state index is 0.00892. The normalized spacial score (nSPS) is 10.4. The van der Waals surface area contributed by atoms with Crippen molar-refractivity contribution in [2.45, 2.75) is 26.4 Å². The smallest absolute Gasteiger partial charge is 0.387 e. The van der Waals surface area contributed by atoms with E-state index >= 15 is 0 Å². The molecule has 0 spiro atoms. The van der Waals surface area contributed by atoms with E-state index in [1.54, 1.807) is 6.92 Å². The molecule has 0 saturated heterocycles. The SMILES string of the molecule is CCOC(=O)CCc1c(O)cccc1OC(F)F. The highest BCUT2D eigenvalue weighted by Crippen LogP contribution is 2.29. The molecule has 1 N–H and O–H groups in total. The highest BCUT2D eigenvalue weighted by molar-refractivity contribution is 5.70.